The average Bonchev–Trinajstić information content (AvgIpc) is 2.29. The van der Waals surface area contributed by atoms with E-state index in [1.54, 1.807) is 19.1 Å². The lowest BCUT2D eigenvalue weighted by Gasteiger charge is -2.27. The molecule has 0 spiro atoms. The van der Waals surface area contributed by atoms with Gasteiger partial charge in [-0.25, -0.2) is 0 Å². The van der Waals surface area contributed by atoms with Crippen molar-refractivity contribution in [2.24, 2.45) is 0 Å². The molecule has 2 unspecified atom stereocenters. The van der Waals surface area contributed by atoms with E-state index < -0.39 is 18.1 Å². The third kappa shape index (κ3) is 4.00. The fourth-order valence-corrected chi connectivity index (χ4v) is 1.74. The maximum absolute atomic E-state index is 12.9. The Bertz CT molecular complexity index is 324. The average molecular weight is 246 g/mol. The van der Waals surface area contributed by atoms with E-state index in [4.69, 9.17) is 0 Å². The van der Waals surface area contributed by atoms with Gasteiger partial charge in [0, 0.05) is 18.3 Å². The molecule has 0 saturated carbocycles. The number of nitrogens with one attached hydrogen (secondary N) is 1. The summed E-state index contributed by atoms with van der Waals surface area (Å²) >= 11 is 0. The lowest BCUT2D eigenvalue weighted by molar-refractivity contribution is -0.160. The molecule has 2 atom stereocenters. The molecule has 0 amide bonds. The molecule has 1 aromatic heterocycles. The quantitative estimate of drug-likeness (QED) is 0.863. The molecule has 2 nitrogen and oxygen atoms in total. The number of rotatable bonds is 5. The van der Waals surface area contributed by atoms with Gasteiger partial charge in [-0.3, -0.25) is 4.98 Å². The molecule has 96 valence electrons. The Morgan fingerprint density at radius 2 is 1.88 bits per heavy atom. The predicted octanol–water partition coefficient (Wildman–Crippen LogP) is 3.12. The Kier molecular flexibility index (Phi) is 4.93. The summed E-state index contributed by atoms with van der Waals surface area (Å²) < 4.78 is 38.7. The highest BCUT2D eigenvalue weighted by atomic mass is 19.4. The molecule has 1 heterocycles. The molecule has 1 rings (SSSR count). The van der Waals surface area contributed by atoms with Gasteiger partial charge in [0.05, 0.1) is 0 Å². The third-order valence-electron chi connectivity index (χ3n) is 2.70. The highest BCUT2D eigenvalue weighted by molar-refractivity contribution is 5.17. The maximum Gasteiger partial charge on any atom is 0.404 e. The zero-order valence-corrected chi connectivity index (χ0v) is 9.96. The summed E-state index contributed by atoms with van der Waals surface area (Å²) in [6.07, 6.45) is -0.536. The molecule has 0 aliphatic heterocycles. The minimum absolute atomic E-state index is 0.361. The van der Waals surface area contributed by atoms with Crippen molar-refractivity contribution in [1.29, 1.82) is 0 Å². The van der Waals surface area contributed by atoms with Gasteiger partial charge in [-0.15, -0.1) is 0 Å². The van der Waals surface area contributed by atoms with Gasteiger partial charge in [0.15, 0.2) is 0 Å². The van der Waals surface area contributed by atoms with Gasteiger partial charge >= 0.3 is 6.18 Å². The highest BCUT2D eigenvalue weighted by Gasteiger charge is 2.42. The second-order valence-corrected chi connectivity index (χ2v) is 4.04. The van der Waals surface area contributed by atoms with Crippen molar-refractivity contribution < 1.29 is 13.2 Å². The second kappa shape index (κ2) is 6.00. The van der Waals surface area contributed by atoms with E-state index in [1.165, 1.54) is 12.4 Å². The van der Waals surface area contributed by atoms with Crippen LogP contribution in [0.5, 0.6) is 0 Å². The van der Waals surface area contributed by atoms with E-state index in [2.05, 4.69) is 10.3 Å². The zero-order valence-electron chi connectivity index (χ0n) is 9.96. The van der Waals surface area contributed by atoms with E-state index >= 15 is 0 Å². The summed E-state index contributed by atoms with van der Waals surface area (Å²) in [5, 5.41) is 2.56. The van der Waals surface area contributed by atoms with Gasteiger partial charge < -0.3 is 5.32 Å². The van der Waals surface area contributed by atoms with Crippen molar-refractivity contribution >= 4 is 0 Å². The van der Waals surface area contributed by atoms with Crippen molar-refractivity contribution in [3.8, 4) is 0 Å². The first-order valence-electron chi connectivity index (χ1n) is 5.66. The minimum Gasteiger partial charge on any atom is -0.306 e. The summed E-state index contributed by atoms with van der Waals surface area (Å²) in [5.41, 5.74) is 0.644. The van der Waals surface area contributed by atoms with Gasteiger partial charge in [0.2, 0.25) is 0 Å². The smallest absolute Gasteiger partial charge is 0.306 e. The molecular formula is C12H17F3N2. The largest absolute Gasteiger partial charge is 0.404 e. The third-order valence-corrected chi connectivity index (χ3v) is 2.70. The van der Waals surface area contributed by atoms with Crippen molar-refractivity contribution in [2.75, 3.05) is 6.54 Å². The number of alkyl halides is 3. The Morgan fingerprint density at radius 3 is 2.35 bits per heavy atom. The fourth-order valence-electron chi connectivity index (χ4n) is 1.74. The van der Waals surface area contributed by atoms with Gasteiger partial charge in [0.1, 0.15) is 6.04 Å². The predicted molar refractivity (Wildman–Crippen MR) is 60.8 cm³/mol. The number of halogens is 3. The first-order chi connectivity index (χ1) is 7.96. The Morgan fingerprint density at radius 1 is 1.29 bits per heavy atom. The van der Waals surface area contributed by atoms with Crippen LogP contribution in [0.3, 0.4) is 0 Å². The van der Waals surface area contributed by atoms with Crippen LogP contribution in [0.4, 0.5) is 13.2 Å². The van der Waals surface area contributed by atoms with E-state index in [9.17, 15) is 13.2 Å². The Labute approximate surface area is 99.3 Å². The van der Waals surface area contributed by atoms with Crippen LogP contribution in [-0.4, -0.2) is 23.7 Å². The van der Waals surface area contributed by atoms with Crippen LogP contribution >= 0.6 is 0 Å². The first-order valence-corrected chi connectivity index (χ1v) is 5.66. The van der Waals surface area contributed by atoms with E-state index in [0.717, 1.165) is 0 Å². The van der Waals surface area contributed by atoms with Crippen LogP contribution in [0.1, 0.15) is 31.7 Å². The number of hydrogen-bond donors (Lipinski definition) is 1. The molecule has 0 aliphatic rings. The van der Waals surface area contributed by atoms with Gasteiger partial charge in [-0.2, -0.15) is 13.2 Å². The molecule has 17 heavy (non-hydrogen) atoms. The monoisotopic (exact) mass is 246 g/mol. The Hall–Kier alpha value is -1.10. The molecule has 0 aliphatic carbocycles. The fraction of sp³-hybridized carbons (Fsp3) is 0.583. The summed E-state index contributed by atoms with van der Waals surface area (Å²) in [6, 6.07) is 1.73. The summed E-state index contributed by atoms with van der Waals surface area (Å²) in [4.78, 5) is 3.81. The Balaban J connectivity index is 2.83. The molecule has 5 heteroatoms. The lowest BCUT2D eigenvalue weighted by Crippen LogP contribution is -2.46. The van der Waals surface area contributed by atoms with Crippen LogP contribution in [0.2, 0.25) is 0 Å². The van der Waals surface area contributed by atoms with Gasteiger partial charge in [-0.05, 0) is 30.7 Å². The lowest BCUT2D eigenvalue weighted by atomic mass is 9.93. The molecular weight excluding hydrogens is 229 g/mol. The second-order valence-electron chi connectivity index (χ2n) is 4.04. The van der Waals surface area contributed by atoms with Crippen molar-refractivity contribution in [3.05, 3.63) is 30.1 Å². The normalized spacial score (nSPS) is 15.6. The minimum atomic E-state index is -4.24. The molecule has 1 N–H and O–H groups in total. The SMILES string of the molecule is CCCNC(C(C)c1ccncc1)C(F)(F)F. The van der Waals surface area contributed by atoms with Crippen molar-refractivity contribution in [2.45, 2.75) is 38.4 Å². The van der Waals surface area contributed by atoms with Gasteiger partial charge in [0.25, 0.3) is 0 Å². The molecule has 0 radical (unpaired) electrons. The molecule has 0 fully saturated rings. The highest BCUT2D eigenvalue weighted by Crippen LogP contribution is 2.31. The van der Waals surface area contributed by atoms with Crippen molar-refractivity contribution in [3.63, 3.8) is 0 Å². The summed E-state index contributed by atoms with van der Waals surface area (Å²) in [5.74, 6) is -0.621. The first kappa shape index (κ1) is 14.0. The number of nitrogens with zero attached hydrogens (tertiary/aromatic N) is 1. The van der Waals surface area contributed by atoms with Crippen molar-refractivity contribution in [1.82, 2.24) is 10.3 Å². The van der Waals surface area contributed by atoms with Crippen LogP contribution in [0.15, 0.2) is 24.5 Å². The zero-order chi connectivity index (χ0) is 12.9. The summed E-state index contributed by atoms with van der Waals surface area (Å²) in [6.45, 7) is 3.79. The standard InChI is InChI=1S/C12H17F3N2/c1-3-6-17-11(12(13,14)15)9(2)10-4-7-16-8-5-10/h4-5,7-9,11,17H,3,6H2,1-2H3. The van der Waals surface area contributed by atoms with E-state index in [-0.39, 0.29) is 0 Å². The molecule has 1 aromatic rings. The number of aromatic nitrogens is 1. The van der Waals surface area contributed by atoms with E-state index in [1.807, 2.05) is 6.92 Å². The van der Waals surface area contributed by atoms with Crippen LogP contribution in [0.25, 0.3) is 0 Å². The number of hydrogen-bond acceptors (Lipinski definition) is 2. The molecule has 0 bridgehead atoms. The van der Waals surface area contributed by atoms with Crippen LogP contribution < -0.4 is 5.32 Å². The topological polar surface area (TPSA) is 24.9 Å². The van der Waals surface area contributed by atoms with Gasteiger partial charge in [-0.1, -0.05) is 13.8 Å². The molecule has 0 saturated heterocycles. The van der Waals surface area contributed by atoms with Crippen LogP contribution in [0, 0.1) is 0 Å². The molecule has 0 aromatic carbocycles. The number of pyridine rings is 1. The summed E-state index contributed by atoms with van der Waals surface area (Å²) in [7, 11) is 0. The maximum atomic E-state index is 12.9. The van der Waals surface area contributed by atoms with E-state index in [0.29, 0.717) is 18.5 Å². The van der Waals surface area contributed by atoms with Crippen LogP contribution in [-0.2, 0) is 0 Å².